The molecule has 8 nitrogen and oxygen atoms in total. The maximum Gasteiger partial charge on any atom is 0.240 e. The summed E-state index contributed by atoms with van der Waals surface area (Å²) in [6.45, 7) is 1.52. The Kier molecular flexibility index (Phi) is 7.70. The third kappa shape index (κ3) is 5.58. The lowest BCUT2D eigenvalue weighted by atomic mass is 9.98. The van der Waals surface area contributed by atoms with Gasteiger partial charge in [0.25, 0.3) is 0 Å². The van der Waals surface area contributed by atoms with Crippen molar-refractivity contribution in [3.05, 3.63) is 77.9 Å². The molecule has 1 heterocycles. The number of ether oxygens (including phenoxy) is 3. The van der Waals surface area contributed by atoms with E-state index in [4.69, 9.17) is 26.4 Å². The van der Waals surface area contributed by atoms with Gasteiger partial charge in [-0.25, -0.2) is 5.01 Å². The standard InChI is InChI=1S/C27H28N4O4S/c1-17(32)31-24(16-23(30-31)19-7-14-25(34-3)26(15-19)35-4)18-5-8-20(9-6-18)28-27(36)29-21-10-12-22(33-2)13-11-21/h5-15,24H,16H2,1-4H3,(H2,28,29,36). The van der Waals surface area contributed by atoms with Gasteiger partial charge in [-0.15, -0.1) is 0 Å². The fraction of sp³-hybridized carbons (Fsp3) is 0.222. The summed E-state index contributed by atoms with van der Waals surface area (Å²) in [5, 5.41) is 13.0. The summed E-state index contributed by atoms with van der Waals surface area (Å²) in [7, 11) is 4.82. The zero-order valence-electron chi connectivity index (χ0n) is 20.6. The third-order valence-corrected chi connectivity index (χ3v) is 6.06. The predicted molar refractivity (Wildman–Crippen MR) is 145 cm³/mol. The van der Waals surface area contributed by atoms with Crippen LogP contribution in [-0.4, -0.2) is 43.1 Å². The molecule has 4 rings (SSSR count). The van der Waals surface area contributed by atoms with Gasteiger partial charge in [0.05, 0.1) is 33.1 Å². The quantitative estimate of drug-likeness (QED) is 0.427. The van der Waals surface area contributed by atoms with Crippen LogP contribution in [0.5, 0.6) is 17.2 Å². The van der Waals surface area contributed by atoms with Gasteiger partial charge in [-0.1, -0.05) is 12.1 Å². The molecule has 36 heavy (non-hydrogen) atoms. The first-order chi connectivity index (χ1) is 17.4. The van der Waals surface area contributed by atoms with Crippen molar-refractivity contribution < 1.29 is 19.0 Å². The van der Waals surface area contributed by atoms with Gasteiger partial charge in [-0.2, -0.15) is 5.10 Å². The molecule has 186 valence electrons. The highest BCUT2D eigenvalue weighted by molar-refractivity contribution is 7.80. The van der Waals surface area contributed by atoms with Crippen molar-refractivity contribution in [3.63, 3.8) is 0 Å². The molecule has 0 saturated carbocycles. The van der Waals surface area contributed by atoms with E-state index in [1.165, 1.54) is 11.9 Å². The zero-order chi connectivity index (χ0) is 25.7. The number of hydrogen-bond acceptors (Lipinski definition) is 6. The van der Waals surface area contributed by atoms with Crippen LogP contribution in [0.25, 0.3) is 0 Å². The molecule has 1 atom stereocenters. The Morgan fingerprint density at radius 1 is 0.889 bits per heavy atom. The van der Waals surface area contributed by atoms with Crippen molar-refractivity contribution in [2.45, 2.75) is 19.4 Å². The summed E-state index contributed by atoms with van der Waals surface area (Å²) < 4.78 is 15.9. The van der Waals surface area contributed by atoms with Crippen LogP contribution < -0.4 is 24.8 Å². The molecule has 9 heteroatoms. The maximum atomic E-state index is 12.4. The van der Waals surface area contributed by atoms with Crippen LogP contribution in [0.3, 0.4) is 0 Å². The van der Waals surface area contributed by atoms with E-state index in [-0.39, 0.29) is 11.9 Å². The molecule has 3 aromatic carbocycles. The Morgan fingerprint density at radius 3 is 2.06 bits per heavy atom. The molecule has 1 aliphatic rings. The SMILES string of the molecule is COc1ccc(NC(=S)Nc2ccc(C3CC(c4ccc(OC)c(OC)c4)=NN3C(C)=O)cc2)cc1. The van der Waals surface area contributed by atoms with Crippen molar-refractivity contribution in [1.29, 1.82) is 0 Å². The Labute approximate surface area is 215 Å². The number of amides is 1. The molecule has 0 aromatic heterocycles. The fourth-order valence-corrected chi connectivity index (χ4v) is 4.24. The highest BCUT2D eigenvalue weighted by Gasteiger charge is 2.31. The van der Waals surface area contributed by atoms with E-state index in [9.17, 15) is 4.79 Å². The second kappa shape index (κ2) is 11.1. The minimum Gasteiger partial charge on any atom is -0.497 e. The minimum atomic E-state index is -0.205. The molecule has 3 aromatic rings. The molecule has 0 fully saturated rings. The minimum absolute atomic E-state index is 0.123. The summed E-state index contributed by atoms with van der Waals surface area (Å²) in [4.78, 5) is 12.4. The van der Waals surface area contributed by atoms with E-state index in [0.717, 1.165) is 34.0 Å². The van der Waals surface area contributed by atoms with Gasteiger partial charge in [0.2, 0.25) is 5.91 Å². The number of thiocarbonyl (C=S) groups is 1. The highest BCUT2D eigenvalue weighted by atomic mass is 32.1. The van der Waals surface area contributed by atoms with Gasteiger partial charge in [-0.3, -0.25) is 4.79 Å². The molecule has 1 aliphatic heterocycles. The van der Waals surface area contributed by atoms with E-state index in [0.29, 0.717) is 23.0 Å². The number of nitrogens with zero attached hydrogens (tertiary/aromatic N) is 2. The monoisotopic (exact) mass is 504 g/mol. The number of nitrogens with one attached hydrogen (secondary N) is 2. The lowest BCUT2D eigenvalue weighted by Gasteiger charge is -2.21. The van der Waals surface area contributed by atoms with Crippen molar-refractivity contribution in [2.75, 3.05) is 32.0 Å². The normalized spacial score (nSPS) is 14.6. The molecule has 0 spiro atoms. The van der Waals surface area contributed by atoms with E-state index in [1.54, 1.807) is 21.3 Å². The highest BCUT2D eigenvalue weighted by Crippen LogP contribution is 2.35. The number of hydrogen-bond donors (Lipinski definition) is 2. The van der Waals surface area contributed by atoms with Crippen LogP contribution >= 0.6 is 12.2 Å². The number of anilines is 2. The molecule has 1 unspecified atom stereocenters. The molecule has 0 bridgehead atoms. The van der Waals surface area contributed by atoms with Crippen molar-refractivity contribution >= 4 is 40.3 Å². The van der Waals surface area contributed by atoms with Crippen molar-refractivity contribution in [1.82, 2.24) is 5.01 Å². The number of rotatable bonds is 7. The molecular weight excluding hydrogens is 476 g/mol. The average Bonchev–Trinajstić information content (AvgIpc) is 3.35. The molecule has 2 N–H and O–H groups in total. The first-order valence-electron chi connectivity index (χ1n) is 11.3. The third-order valence-electron chi connectivity index (χ3n) is 5.85. The maximum absolute atomic E-state index is 12.4. The summed E-state index contributed by atoms with van der Waals surface area (Å²) in [5.41, 5.74) is 4.35. The molecule has 0 saturated heterocycles. The lowest BCUT2D eigenvalue weighted by Crippen LogP contribution is -2.24. The second-order valence-electron chi connectivity index (χ2n) is 8.13. The van der Waals surface area contributed by atoms with Crippen molar-refractivity contribution in [3.8, 4) is 17.2 Å². The van der Waals surface area contributed by atoms with Gasteiger partial charge in [-0.05, 0) is 72.4 Å². The first-order valence-corrected chi connectivity index (χ1v) is 11.7. The Balaban J connectivity index is 1.45. The Hall–Kier alpha value is -4.11. The van der Waals surface area contributed by atoms with Gasteiger partial charge < -0.3 is 24.8 Å². The van der Waals surface area contributed by atoms with Crippen LogP contribution in [0.1, 0.15) is 30.5 Å². The van der Waals surface area contributed by atoms with Crippen LogP contribution in [0.2, 0.25) is 0 Å². The summed E-state index contributed by atoms with van der Waals surface area (Å²) in [6, 6.07) is 20.8. The summed E-state index contributed by atoms with van der Waals surface area (Å²) in [5.74, 6) is 1.91. The topological polar surface area (TPSA) is 84.4 Å². The van der Waals surface area contributed by atoms with Crippen LogP contribution in [0.4, 0.5) is 11.4 Å². The first kappa shape index (κ1) is 25.0. The number of methoxy groups -OCH3 is 3. The number of hydrazone groups is 1. The number of carbonyl (C=O) groups excluding carboxylic acids is 1. The molecule has 1 amide bonds. The second-order valence-corrected chi connectivity index (χ2v) is 8.54. The Bertz CT molecular complexity index is 1280. The smallest absolute Gasteiger partial charge is 0.240 e. The van der Waals surface area contributed by atoms with Crippen LogP contribution in [0, 0.1) is 0 Å². The molecule has 0 radical (unpaired) electrons. The van der Waals surface area contributed by atoms with E-state index in [2.05, 4.69) is 15.7 Å². The predicted octanol–water partition coefficient (Wildman–Crippen LogP) is 5.22. The van der Waals surface area contributed by atoms with Gasteiger partial charge >= 0.3 is 0 Å². The number of carbonyl (C=O) groups is 1. The lowest BCUT2D eigenvalue weighted by molar-refractivity contribution is -0.130. The van der Waals surface area contributed by atoms with Crippen LogP contribution in [0.15, 0.2) is 71.8 Å². The fourth-order valence-electron chi connectivity index (χ4n) is 4.01. The number of benzene rings is 3. The van der Waals surface area contributed by atoms with Gasteiger partial charge in [0.15, 0.2) is 16.6 Å². The molecular formula is C27H28N4O4S. The van der Waals surface area contributed by atoms with E-state index < -0.39 is 0 Å². The molecule has 0 aliphatic carbocycles. The average molecular weight is 505 g/mol. The van der Waals surface area contributed by atoms with E-state index in [1.807, 2.05) is 66.7 Å². The van der Waals surface area contributed by atoms with Crippen molar-refractivity contribution in [2.24, 2.45) is 5.10 Å². The summed E-state index contributed by atoms with van der Waals surface area (Å²) >= 11 is 5.44. The zero-order valence-corrected chi connectivity index (χ0v) is 21.4. The Morgan fingerprint density at radius 2 is 1.50 bits per heavy atom. The largest absolute Gasteiger partial charge is 0.497 e. The van der Waals surface area contributed by atoms with Crippen LogP contribution in [-0.2, 0) is 4.79 Å². The van der Waals surface area contributed by atoms with Gasteiger partial charge in [0.1, 0.15) is 5.75 Å². The summed E-state index contributed by atoms with van der Waals surface area (Å²) in [6.07, 6.45) is 0.583. The van der Waals surface area contributed by atoms with Gasteiger partial charge in [0, 0.05) is 30.3 Å². The van der Waals surface area contributed by atoms with E-state index >= 15 is 0 Å².